The predicted molar refractivity (Wildman–Crippen MR) is 125 cm³/mol. The first-order valence-corrected chi connectivity index (χ1v) is 11.4. The normalized spacial score (nSPS) is 15.6. The molecule has 0 radical (unpaired) electrons. The fourth-order valence-corrected chi connectivity index (χ4v) is 3.66. The van der Waals surface area contributed by atoms with E-state index >= 15 is 0 Å². The molecule has 2 N–H and O–H groups in total. The van der Waals surface area contributed by atoms with Crippen LogP contribution in [0.15, 0.2) is 30.5 Å². The van der Waals surface area contributed by atoms with E-state index in [2.05, 4.69) is 33.9 Å². The Morgan fingerprint density at radius 3 is 2.59 bits per heavy atom. The van der Waals surface area contributed by atoms with Gasteiger partial charge in [-0.25, -0.2) is 14.6 Å². The minimum atomic E-state index is -5.34. The topological polar surface area (TPSA) is 134 Å². The number of amides is 1. The Labute approximate surface area is 210 Å². The number of anilines is 1. The minimum Gasteiger partial charge on any atom is -0.463 e. The van der Waals surface area contributed by atoms with Gasteiger partial charge in [0.25, 0.3) is 5.91 Å². The first kappa shape index (κ1) is 27.4. The highest BCUT2D eigenvalue weighted by Crippen LogP contribution is 2.40. The van der Waals surface area contributed by atoms with E-state index in [0.717, 1.165) is 6.42 Å². The van der Waals surface area contributed by atoms with E-state index in [0.29, 0.717) is 18.4 Å². The molecule has 3 rings (SSSR count). The molecule has 2 aromatic rings. The van der Waals surface area contributed by atoms with E-state index in [1.807, 2.05) is 12.1 Å². The van der Waals surface area contributed by atoms with E-state index in [1.54, 1.807) is 0 Å². The molecule has 0 bridgehead atoms. The third kappa shape index (κ3) is 6.75. The number of carbonyl (C=O) groups is 3. The number of rotatable bonds is 7. The maximum atomic E-state index is 12.9. The molecule has 12 heteroatoms. The molecule has 37 heavy (non-hydrogen) atoms. The largest absolute Gasteiger partial charge is 0.490 e. The van der Waals surface area contributed by atoms with Gasteiger partial charge < -0.3 is 19.8 Å². The molecule has 0 saturated carbocycles. The van der Waals surface area contributed by atoms with Crippen LogP contribution in [0.4, 0.5) is 18.9 Å². The fourth-order valence-electron chi connectivity index (χ4n) is 3.66. The van der Waals surface area contributed by atoms with Crippen molar-refractivity contribution in [2.24, 2.45) is 5.41 Å². The molecular weight excluding hydrogens is 493 g/mol. The second kappa shape index (κ2) is 10.9. The summed E-state index contributed by atoms with van der Waals surface area (Å²) in [5, 5.41) is 11.7. The second-order valence-corrected chi connectivity index (χ2v) is 9.13. The molecule has 0 spiro atoms. The van der Waals surface area contributed by atoms with Gasteiger partial charge in [-0.2, -0.15) is 18.4 Å². The number of allylic oxidation sites excluding steroid dienone is 2. The van der Waals surface area contributed by atoms with E-state index in [9.17, 15) is 27.6 Å². The summed E-state index contributed by atoms with van der Waals surface area (Å²) < 4.78 is 47.9. The first-order chi connectivity index (χ1) is 17.3. The highest BCUT2D eigenvalue weighted by molar-refractivity contribution is 6.04. The first-order valence-electron chi connectivity index (χ1n) is 11.4. The van der Waals surface area contributed by atoms with Crippen LogP contribution in [0, 0.1) is 16.7 Å². The van der Waals surface area contributed by atoms with Crippen LogP contribution in [0.25, 0.3) is 5.57 Å². The van der Waals surface area contributed by atoms with Gasteiger partial charge in [-0.3, -0.25) is 4.79 Å². The highest BCUT2D eigenvalue weighted by Gasteiger charge is 2.44. The Hall–Kier alpha value is -4.14. The van der Waals surface area contributed by atoms with Crippen LogP contribution >= 0.6 is 0 Å². The number of nitrogens with one attached hydrogen (secondary N) is 2. The summed E-state index contributed by atoms with van der Waals surface area (Å²) in [6.45, 7) is 5.45. The summed E-state index contributed by atoms with van der Waals surface area (Å²) in [6, 6.07) is 5.79. The van der Waals surface area contributed by atoms with Gasteiger partial charge in [-0.1, -0.05) is 19.9 Å². The molecule has 1 aliphatic carbocycles. The zero-order chi connectivity index (χ0) is 27.4. The van der Waals surface area contributed by atoms with E-state index < -0.39 is 30.1 Å². The Kier molecular flexibility index (Phi) is 8.06. The number of pyridine rings is 1. The van der Waals surface area contributed by atoms with Gasteiger partial charge in [0.05, 0.1) is 29.2 Å². The number of ether oxygens (including phenoxy) is 2. The van der Waals surface area contributed by atoms with Gasteiger partial charge in [0, 0.05) is 6.20 Å². The van der Waals surface area contributed by atoms with Crippen molar-refractivity contribution in [1.82, 2.24) is 9.97 Å². The molecular formula is C25H25F3N4O5. The minimum absolute atomic E-state index is 0.0121. The molecule has 196 valence electrons. The molecule has 0 fully saturated rings. The van der Waals surface area contributed by atoms with Gasteiger partial charge in [-0.05, 0) is 55.4 Å². The van der Waals surface area contributed by atoms with Crippen LogP contribution < -0.4 is 5.32 Å². The van der Waals surface area contributed by atoms with Crippen LogP contribution in [0.5, 0.6) is 0 Å². The van der Waals surface area contributed by atoms with E-state index in [1.165, 1.54) is 31.3 Å². The Morgan fingerprint density at radius 2 is 2.03 bits per heavy atom. The lowest BCUT2D eigenvalue weighted by atomic mass is 9.77. The van der Waals surface area contributed by atoms with Gasteiger partial charge in [-0.15, -0.1) is 0 Å². The number of esters is 2. The van der Waals surface area contributed by atoms with Crippen molar-refractivity contribution in [3.05, 3.63) is 53.1 Å². The van der Waals surface area contributed by atoms with Crippen molar-refractivity contribution >= 4 is 29.1 Å². The van der Waals surface area contributed by atoms with Gasteiger partial charge >= 0.3 is 18.1 Å². The molecule has 0 aliphatic heterocycles. The lowest BCUT2D eigenvalue weighted by Crippen LogP contribution is -2.31. The van der Waals surface area contributed by atoms with E-state index in [4.69, 9.17) is 10.00 Å². The van der Waals surface area contributed by atoms with Crippen molar-refractivity contribution in [3.63, 3.8) is 0 Å². The zero-order valence-corrected chi connectivity index (χ0v) is 20.4. The molecule has 2 aromatic heterocycles. The number of nitriles is 1. The summed E-state index contributed by atoms with van der Waals surface area (Å²) in [7, 11) is 0. The molecule has 2 heterocycles. The van der Waals surface area contributed by atoms with Crippen molar-refractivity contribution in [1.29, 1.82) is 5.26 Å². The van der Waals surface area contributed by atoms with Crippen molar-refractivity contribution < 1.29 is 37.0 Å². The molecule has 1 amide bonds. The van der Waals surface area contributed by atoms with Gasteiger partial charge in [0.1, 0.15) is 11.8 Å². The summed E-state index contributed by atoms with van der Waals surface area (Å²) in [6.07, 6.45) is -2.15. The maximum absolute atomic E-state index is 12.9. The molecule has 1 atom stereocenters. The Balaban J connectivity index is 2.04. The summed E-state index contributed by atoms with van der Waals surface area (Å²) in [4.78, 5) is 43.8. The molecule has 9 nitrogen and oxygen atoms in total. The zero-order valence-electron chi connectivity index (χ0n) is 20.4. The summed E-state index contributed by atoms with van der Waals surface area (Å²) in [5.41, 5.74) is 1.21. The molecule has 1 unspecified atom stereocenters. The van der Waals surface area contributed by atoms with Gasteiger partial charge in [0.15, 0.2) is 0 Å². The predicted octanol–water partition coefficient (Wildman–Crippen LogP) is 4.84. The third-order valence-electron chi connectivity index (χ3n) is 5.72. The highest BCUT2D eigenvalue weighted by atomic mass is 19.4. The number of aromatic nitrogens is 2. The van der Waals surface area contributed by atoms with Crippen LogP contribution in [-0.4, -0.2) is 40.6 Å². The van der Waals surface area contributed by atoms with Crippen molar-refractivity contribution in [2.45, 2.75) is 52.3 Å². The lowest BCUT2D eigenvalue weighted by molar-refractivity contribution is -0.208. The number of nitrogens with zero attached hydrogens (tertiary/aromatic N) is 2. The smallest absolute Gasteiger partial charge is 0.463 e. The lowest BCUT2D eigenvalue weighted by Gasteiger charge is -2.29. The SMILES string of the molecule is CCOC(=O)C(OC(=O)C(F)(F)F)c1ccc(NC(=O)c2cc(C#N)c[nH]2)c(C2=CCC(C)(C)CC2)n1. The monoisotopic (exact) mass is 518 g/mol. The molecule has 1 aliphatic rings. The number of hydrogen-bond donors (Lipinski definition) is 2. The fraction of sp³-hybridized carbons (Fsp3) is 0.400. The number of carbonyl (C=O) groups excluding carboxylic acids is 3. The quantitative estimate of drug-likeness (QED) is 0.501. The maximum Gasteiger partial charge on any atom is 0.490 e. The van der Waals surface area contributed by atoms with Gasteiger partial charge in [0.2, 0.25) is 6.10 Å². The number of aromatic amines is 1. The van der Waals surface area contributed by atoms with E-state index in [-0.39, 0.29) is 40.4 Å². The second-order valence-electron chi connectivity index (χ2n) is 9.13. The molecule has 0 saturated heterocycles. The number of H-pyrrole nitrogens is 1. The van der Waals surface area contributed by atoms with Crippen LogP contribution in [-0.2, 0) is 19.1 Å². The van der Waals surface area contributed by atoms with Crippen molar-refractivity contribution in [3.8, 4) is 6.07 Å². The Morgan fingerprint density at radius 1 is 1.30 bits per heavy atom. The average Bonchev–Trinajstić information content (AvgIpc) is 3.32. The number of hydrogen-bond acceptors (Lipinski definition) is 7. The third-order valence-corrected chi connectivity index (χ3v) is 5.72. The summed E-state index contributed by atoms with van der Waals surface area (Å²) in [5.74, 6) is -4.37. The number of halogens is 3. The Bertz CT molecular complexity index is 1270. The van der Waals surface area contributed by atoms with Crippen molar-refractivity contribution in [2.75, 3.05) is 11.9 Å². The summed E-state index contributed by atoms with van der Waals surface area (Å²) >= 11 is 0. The number of alkyl halides is 3. The van der Waals surface area contributed by atoms with Crippen LogP contribution in [0.3, 0.4) is 0 Å². The molecule has 0 aromatic carbocycles. The average molecular weight is 518 g/mol. The standard InChI is InChI=1S/C25H25F3N4O5/c1-4-36-22(34)20(37-23(35)25(26,27)28)17-6-5-16(32-21(33)18-11-14(12-29)13-30-18)19(31-17)15-7-9-24(2,3)10-8-15/h5-7,11,13,20,30H,4,8-10H2,1-3H3,(H,32,33). The van der Waals surface area contributed by atoms with Crippen LogP contribution in [0.2, 0.25) is 0 Å². The van der Waals surface area contributed by atoms with Crippen LogP contribution in [0.1, 0.15) is 73.6 Å².